The average molecular weight is 692 g/mol. The van der Waals surface area contributed by atoms with E-state index in [1.807, 2.05) is 0 Å². The van der Waals surface area contributed by atoms with Crippen molar-refractivity contribution in [2.45, 2.75) is 48.6 Å². The zero-order valence-corrected chi connectivity index (χ0v) is 26.1. The van der Waals surface area contributed by atoms with Crippen LogP contribution >= 0.6 is 25.5 Å². The molecule has 238 valence electrons. The van der Waals surface area contributed by atoms with E-state index in [9.17, 15) is 24.5 Å². The van der Waals surface area contributed by atoms with Crippen molar-refractivity contribution in [3.05, 3.63) is 24.7 Å². The lowest BCUT2D eigenvalue weighted by atomic mass is 10.1. The molecule has 0 aromatic carbocycles. The summed E-state index contributed by atoms with van der Waals surface area (Å²) in [6.07, 6.45) is -5.47. The molecule has 3 aliphatic heterocycles. The number of fused-ring (bicyclic) bond motifs is 3. The Bertz CT molecular complexity index is 1710. The van der Waals surface area contributed by atoms with E-state index in [2.05, 4.69) is 49.2 Å². The van der Waals surface area contributed by atoms with Crippen molar-refractivity contribution in [1.29, 1.82) is 0 Å². The number of nitrogen functional groups attached to an aromatic ring is 1. The maximum Gasteiger partial charge on any atom is 0.325 e. The zero-order valence-electron chi connectivity index (χ0n) is 22.6. The first kappa shape index (κ1) is 31.6. The van der Waals surface area contributed by atoms with Crippen LogP contribution in [-0.4, -0.2) is 113 Å². The summed E-state index contributed by atoms with van der Waals surface area (Å²) in [6.45, 7) is -5.79. The molecule has 0 spiro atoms. The number of ether oxygens (including phenoxy) is 2. The van der Waals surface area contributed by atoms with Crippen LogP contribution in [0, 0.1) is 0 Å². The molecule has 3 aliphatic rings. The molecule has 6 N–H and O–H groups in total. The van der Waals surface area contributed by atoms with Gasteiger partial charge in [0.15, 0.2) is 35.4 Å². The highest BCUT2D eigenvalue weighted by Crippen LogP contribution is 2.64. The Kier molecular flexibility index (Phi) is 8.44. The molecule has 10 atom stereocenters. The molecule has 0 aliphatic carbocycles. The number of aromatic nitrogens is 6. The molecule has 1 amide bonds. The molecule has 44 heavy (non-hydrogen) atoms. The molecule has 3 fully saturated rings. The van der Waals surface area contributed by atoms with Crippen molar-refractivity contribution < 1.29 is 47.5 Å². The van der Waals surface area contributed by atoms with E-state index in [1.165, 1.54) is 35.2 Å². The lowest BCUT2D eigenvalue weighted by Crippen LogP contribution is -2.36. The Balaban J connectivity index is 1.30. The second-order valence-electron chi connectivity index (χ2n) is 9.94. The highest BCUT2D eigenvalue weighted by molar-refractivity contribution is 8.46. The Labute approximate surface area is 258 Å². The summed E-state index contributed by atoms with van der Waals surface area (Å²) >= 11 is 9.53. The minimum atomic E-state index is -4.13. The molecule has 3 saturated heterocycles. The average Bonchev–Trinajstić information content (AvgIpc) is 3.74. The highest BCUT2D eigenvalue weighted by Gasteiger charge is 2.56. The van der Waals surface area contributed by atoms with Gasteiger partial charge < -0.3 is 44.7 Å². The number of nitrogens with two attached hydrogens (primary N) is 1. The van der Waals surface area contributed by atoms with Gasteiger partial charge in [0.2, 0.25) is 0 Å². The molecule has 0 saturated carbocycles. The van der Waals surface area contributed by atoms with Crippen LogP contribution in [0.3, 0.4) is 0 Å². The molecule has 0 radical (unpaired) electrons. The summed E-state index contributed by atoms with van der Waals surface area (Å²) in [7, 11) is 1.40. The van der Waals surface area contributed by atoms with Gasteiger partial charge in [0, 0.05) is 7.05 Å². The Hall–Kier alpha value is -2.39. The maximum absolute atomic E-state index is 14.0. The van der Waals surface area contributed by atoms with Crippen LogP contribution in [0.2, 0.25) is 0 Å². The van der Waals surface area contributed by atoms with Gasteiger partial charge in [0.1, 0.15) is 41.9 Å². The Morgan fingerprint density at radius 1 is 1.14 bits per heavy atom. The number of rotatable bonds is 4. The van der Waals surface area contributed by atoms with Gasteiger partial charge in [-0.3, -0.25) is 23.0 Å². The summed E-state index contributed by atoms with van der Waals surface area (Å²) in [5.41, 5.74) is 4.95. The minimum Gasteiger partial charge on any atom is -0.387 e. The van der Waals surface area contributed by atoms with E-state index in [4.69, 9.17) is 40.6 Å². The maximum atomic E-state index is 14.0. The summed E-state index contributed by atoms with van der Waals surface area (Å²) in [5.74, 6) is -0.487. The number of aliphatic hydroxyl groups is 2. The van der Waals surface area contributed by atoms with Crippen molar-refractivity contribution in [2.75, 3.05) is 26.0 Å². The quantitative estimate of drug-likeness (QED) is 0.116. The van der Waals surface area contributed by atoms with Crippen molar-refractivity contribution in [3.8, 4) is 0 Å². The summed E-state index contributed by atoms with van der Waals surface area (Å²) in [5, 5.41) is 25.1. The third-order valence-corrected chi connectivity index (χ3v) is 12.0. The van der Waals surface area contributed by atoms with Gasteiger partial charge in [-0.15, -0.1) is 0 Å². The fraction of sp³-hybridized carbons (Fsp3) is 0.524. The van der Waals surface area contributed by atoms with E-state index in [0.717, 1.165) is 0 Å². The third-order valence-electron chi connectivity index (χ3n) is 7.40. The van der Waals surface area contributed by atoms with E-state index in [1.54, 1.807) is 0 Å². The monoisotopic (exact) mass is 691 g/mol. The third kappa shape index (κ3) is 5.40. The molecule has 23 heteroatoms. The molecule has 0 bridgehead atoms. The van der Waals surface area contributed by atoms with Gasteiger partial charge in [0.05, 0.1) is 32.0 Å². The smallest absolute Gasteiger partial charge is 0.325 e. The van der Waals surface area contributed by atoms with E-state index in [-0.39, 0.29) is 28.5 Å². The van der Waals surface area contributed by atoms with Gasteiger partial charge in [-0.2, -0.15) is 0 Å². The van der Waals surface area contributed by atoms with Crippen LogP contribution in [0.15, 0.2) is 24.0 Å². The predicted octanol–water partition coefficient (Wildman–Crippen LogP) is -0.346. The van der Waals surface area contributed by atoms with Crippen LogP contribution in [-0.2, 0) is 39.4 Å². The van der Waals surface area contributed by atoms with Gasteiger partial charge in [0.25, 0.3) is 12.5 Å². The second-order valence-corrected chi connectivity index (χ2v) is 16.4. The molecular formula is C21H27N9O10P2S2. The van der Waals surface area contributed by atoms with Crippen molar-refractivity contribution >= 4 is 72.8 Å². The van der Waals surface area contributed by atoms with Gasteiger partial charge in [-0.1, -0.05) is 12.2 Å². The van der Waals surface area contributed by atoms with Crippen LogP contribution in [0.5, 0.6) is 0 Å². The predicted molar refractivity (Wildman–Crippen MR) is 158 cm³/mol. The number of hydrogen-bond acceptors (Lipinski definition) is 16. The van der Waals surface area contributed by atoms with Crippen LogP contribution < -0.4 is 11.1 Å². The largest absolute Gasteiger partial charge is 0.387 e. The number of thiol groups is 1. The zero-order chi connectivity index (χ0) is 31.6. The van der Waals surface area contributed by atoms with Gasteiger partial charge >= 0.3 is 6.72 Å². The van der Waals surface area contributed by atoms with E-state index < -0.39 is 81.0 Å². The molecule has 6 rings (SSSR count). The SMILES string of the molecule is C=Nc1c(C(=O)NC)ncn1C1OC2COP(O)(=S)O[C@@H]3C(COP(=O)(S)[C@H]2[C@H]1O)OC(n1cnc2c(N)ncnc21)[C@@H]3O. The summed E-state index contributed by atoms with van der Waals surface area (Å²) in [4.78, 5) is 43.3. The topological polar surface area (TPSA) is 253 Å². The summed E-state index contributed by atoms with van der Waals surface area (Å²) in [6, 6.07) is 0. The van der Waals surface area contributed by atoms with Crippen molar-refractivity contribution in [2.24, 2.45) is 4.99 Å². The first-order chi connectivity index (χ1) is 20.9. The van der Waals surface area contributed by atoms with E-state index in [0.29, 0.717) is 0 Å². The molecule has 3 aromatic heterocycles. The number of carbonyl (C=O) groups is 1. The number of nitrogens with zero attached hydrogens (tertiary/aromatic N) is 7. The molecule has 6 unspecified atom stereocenters. The minimum absolute atomic E-state index is 0.0263. The van der Waals surface area contributed by atoms with Crippen LogP contribution in [0.4, 0.5) is 11.6 Å². The van der Waals surface area contributed by atoms with Crippen LogP contribution in [0.1, 0.15) is 22.9 Å². The molecule has 6 heterocycles. The summed E-state index contributed by atoms with van der Waals surface area (Å²) < 4.78 is 45.6. The Morgan fingerprint density at radius 3 is 2.55 bits per heavy atom. The fourth-order valence-electron chi connectivity index (χ4n) is 5.36. The number of imidazole rings is 2. The first-order valence-electron chi connectivity index (χ1n) is 12.8. The first-order valence-corrected chi connectivity index (χ1v) is 18.3. The van der Waals surface area contributed by atoms with Crippen LogP contribution in [0.25, 0.3) is 11.2 Å². The van der Waals surface area contributed by atoms with Gasteiger partial charge in [-0.05, 0) is 18.5 Å². The molecular weight excluding hydrogens is 664 g/mol. The lowest BCUT2D eigenvalue weighted by molar-refractivity contribution is -0.0510. The fourth-order valence-corrected chi connectivity index (χ4v) is 9.51. The normalized spacial score (nSPS) is 37.7. The standard InChI is InChI=1S/C21H27N9O10P2S2/c1-23-17-11(19(33)24-2)28-7-29(17)21-13(32)15-9(39-21)4-37-42(35,44)40-14-8(3-36-41(15,34)43)38-20(12(14)31)30-6-27-10-16(22)25-5-26-18(10)30/h5-9,12-15,20-21,31-32H,1,3-4H2,2H3,(H,24,33)(H,34,43)(H,35,44)(H2,22,25,26)/t8?,9?,12-,13-,14-,15-,20?,21?,41?,42?/m1/s1. The number of nitrogens with one attached hydrogen (secondary N) is 1. The van der Waals surface area contributed by atoms with Crippen molar-refractivity contribution in [3.63, 3.8) is 0 Å². The van der Waals surface area contributed by atoms with Crippen molar-refractivity contribution in [1.82, 2.24) is 34.4 Å². The number of aliphatic hydroxyl groups excluding tert-OH is 2. The number of hydrogen-bond donors (Lipinski definition) is 6. The van der Waals surface area contributed by atoms with E-state index >= 15 is 0 Å². The highest BCUT2D eigenvalue weighted by atomic mass is 32.7. The number of amides is 1. The number of anilines is 1. The number of aliphatic imine (C=N–C) groups is 1. The molecule has 19 nitrogen and oxygen atoms in total. The molecule has 3 aromatic rings. The second kappa shape index (κ2) is 11.8. The van der Waals surface area contributed by atoms with Gasteiger partial charge in [-0.25, -0.2) is 24.9 Å². The Morgan fingerprint density at radius 2 is 1.82 bits per heavy atom. The number of carbonyl (C=O) groups excluding carboxylic acids is 1. The lowest BCUT2D eigenvalue weighted by Gasteiger charge is -2.26.